The van der Waals surface area contributed by atoms with Gasteiger partial charge in [-0.15, -0.1) is 0 Å². The Hall–Kier alpha value is -2.95. The topological polar surface area (TPSA) is 69.6 Å². The molecule has 0 saturated heterocycles. The number of amides is 1. The van der Waals surface area contributed by atoms with E-state index in [1.54, 1.807) is 6.08 Å². The molecule has 0 aliphatic rings. The van der Waals surface area contributed by atoms with Gasteiger partial charge in [0.1, 0.15) is 0 Å². The van der Waals surface area contributed by atoms with E-state index in [1.165, 1.54) is 186 Å². The van der Waals surface area contributed by atoms with E-state index in [4.69, 9.17) is 0 Å². The molecule has 0 fully saturated rings. The van der Waals surface area contributed by atoms with Crippen LogP contribution in [0.2, 0.25) is 0 Å². The predicted octanol–water partition coefficient (Wildman–Crippen LogP) is 20.3. The summed E-state index contributed by atoms with van der Waals surface area (Å²) < 4.78 is 0. The number of carbonyl (C=O) groups excluding carboxylic acids is 1. The van der Waals surface area contributed by atoms with Crippen LogP contribution >= 0.6 is 0 Å². The van der Waals surface area contributed by atoms with Gasteiger partial charge >= 0.3 is 0 Å². The first-order valence-electron chi connectivity index (χ1n) is 30.1. The van der Waals surface area contributed by atoms with Crippen LogP contribution in [-0.2, 0) is 4.79 Å². The van der Waals surface area contributed by atoms with Crippen LogP contribution in [0.3, 0.4) is 0 Å². The van der Waals surface area contributed by atoms with E-state index in [0.29, 0.717) is 6.42 Å². The molecular formula is C66H115NO3. The van der Waals surface area contributed by atoms with Crippen molar-refractivity contribution in [2.75, 3.05) is 6.61 Å². The first-order valence-corrected chi connectivity index (χ1v) is 30.1. The Kier molecular flexibility index (Phi) is 57.8. The summed E-state index contributed by atoms with van der Waals surface area (Å²) >= 11 is 0. The minimum atomic E-state index is -0.875. The molecule has 0 radical (unpaired) electrons. The molecule has 0 aliphatic heterocycles. The Morgan fingerprint density at radius 3 is 1.00 bits per heavy atom. The fourth-order valence-corrected chi connectivity index (χ4v) is 8.69. The highest BCUT2D eigenvalue weighted by atomic mass is 16.3. The second-order valence-electron chi connectivity index (χ2n) is 20.0. The van der Waals surface area contributed by atoms with Crippen molar-refractivity contribution in [3.8, 4) is 0 Å². The van der Waals surface area contributed by atoms with Crippen LogP contribution in [0, 0.1) is 0 Å². The molecule has 0 heterocycles. The molecule has 0 bridgehead atoms. The Labute approximate surface area is 436 Å². The van der Waals surface area contributed by atoms with Gasteiger partial charge in [0.2, 0.25) is 5.91 Å². The van der Waals surface area contributed by atoms with Gasteiger partial charge in [0, 0.05) is 6.42 Å². The number of carbonyl (C=O) groups is 1. The monoisotopic (exact) mass is 970 g/mol. The van der Waals surface area contributed by atoms with Gasteiger partial charge in [-0.2, -0.15) is 0 Å². The van der Waals surface area contributed by atoms with Crippen LogP contribution in [-0.4, -0.2) is 34.9 Å². The summed E-state index contributed by atoms with van der Waals surface area (Å²) in [5.74, 6) is -0.0781. The average Bonchev–Trinajstić information content (AvgIpc) is 3.36. The highest BCUT2D eigenvalue weighted by Gasteiger charge is 2.18. The fourth-order valence-electron chi connectivity index (χ4n) is 8.69. The smallest absolute Gasteiger partial charge is 0.220 e. The largest absolute Gasteiger partial charge is 0.394 e. The van der Waals surface area contributed by atoms with E-state index < -0.39 is 12.1 Å². The van der Waals surface area contributed by atoms with E-state index >= 15 is 0 Å². The van der Waals surface area contributed by atoms with Gasteiger partial charge in [0.05, 0.1) is 18.8 Å². The number of rotatable bonds is 54. The molecule has 0 spiro atoms. The molecule has 0 saturated carbocycles. The first-order chi connectivity index (χ1) is 34.7. The minimum absolute atomic E-state index is 0.0781. The van der Waals surface area contributed by atoms with E-state index in [9.17, 15) is 15.0 Å². The molecule has 0 aromatic carbocycles. The van der Waals surface area contributed by atoms with E-state index in [2.05, 4.69) is 116 Å². The zero-order valence-corrected chi connectivity index (χ0v) is 46.3. The first kappa shape index (κ1) is 67.0. The van der Waals surface area contributed by atoms with Gasteiger partial charge in [-0.3, -0.25) is 4.79 Å². The number of aliphatic hydroxyl groups excluding tert-OH is 2. The van der Waals surface area contributed by atoms with Crippen LogP contribution in [0.4, 0.5) is 0 Å². The number of hydrogen-bond acceptors (Lipinski definition) is 3. The van der Waals surface area contributed by atoms with Crippen molar-refractivity contribution in [1.29, 1.82) is 0 Å². The van der Waals surface area contributed by atoms with Gasteiger partial charge in [-0.05, 0) is 96.3 Å². The molecule has 70 heavy (non-hydrogen) atoms. The molecular weight excluding hydrogens is 855 g/mol. The van der Waals surface area contributed by atoms with Crippen molar-refractivity contribution in [3.63, 3.8) is 0 Å². The lowest BCUT2D eigenvalue weighted by atomic mass is 10.0. The van der Waals surface area contributed by atoms with Crippen molar-refractivity contribution >= 4 is 5.91 Å². The summed E-state index contributed by atoms with van der Waals surface area (Å²) in [5, 5.41) is 23.2. The lowest BCUT2D eigenvalue weighted by molar-refractivity contribution is -0.123. The molecule has 0 aromatic heterocycles. The Morgan fingerprint density at radius 2 is 0.643 bits per heavy atom. The van der Waals surface area contributed by atoms with Gasteiger partial charge in [-0.25, -0.2) is 0 Å². The molecule has 0 aromatic rings. The molecule has 4 heteroatoms. The number of nitrogens with one attached hydrogen (secondary N) is 1. The van der Waals surface area contributed by atoms with Crippen molar-refractivity contribution in [2.24, 2.45) is 0 Å². The highest BCUT2D eigenvalue weighted by molar-refractivity contribution is 5.76. The van der Waals surface area contributed by atoms with Crippen LogP contribution in [0.15, 0.2) is 109 Å². The summed E-state index contributed by atoms with van der Waals surface area (Å²) in [7, 11) is 0. The van der Waals surface area contributed by atoms with Crippen LogP contribution in [0.25, 0.3) is 0 Å². The summed E-state index contributed by atoms with van der Waals surface area (Å²) in [6.07, 6.45) is 91.2. The standard InChI is InChI=1S/C66H115NO3/c1-3-5-7-9-11-13-15-17-19-21-23-25-26-27-28-29-30-31-32-33-34-35-36-37-38-39-40-42-44-46-48-50-52-54-56-58-60-62-66(70)67-64(63-68)65(69)61-59-57-55-53-51-49-47-45-43-41-24-22-20-18-16-14-12-10-8-6-4-2/h5,7,11,13,17,19,23,25,27-28,30-31,43,45,51,53,59,61,64-65,68-69H,3-4,6,8-10,12,14-16,18,20-22,24,26,29,32-42,44,46-50,52,54-58,60,62-63H2,1-2H3,(H,67,70)/b7-5-,13-11-,19-17-,25-23-,28-27-,31-30-,45-43+,53-51+,61-59+. The normalized spacial score (nSPS) is 13.6. The zero-order chi connectivity index (χ0) is 50.6. The molecule has 0 rings (SSSR count). The molecule has 0 aliphatic carbocycles. The van der Waals surface area contributed by atoms with Crippen molar-refractivity contribution < 1.29 is 15.0 Å². The van der Waals surface area contributed by atoms with Crippen LogP contribution in [0.1, 0.15) is 284 Å². The molecule has 3 N–H and O–H groups in total. The van der Waals surface area contributed by atoms with Crippen molar-refractivity contribution in [2.45, 2.75) is 296 Å². The van der Waals surface area contributed by atoms with Gasteiger partial charge in [0.15, 0.2) is 0 Å². The van der Waals surface area contributed by atoms with E-state index in [0.717, 1.165) is 77.0 Å². The summed E-state index contributed by atoms with van der Waals surface area (Å²) in [6.45, 7) is 4.19. The second kappa shape index (κ2) is 60.4. The number of aliphatic hydroxyl groups is 2. The third-order valence-electron chi connectivity index (χ3n) is 13.2. The van der Waals surface area contributed by atoms with Crippen LogP contribution < -0.4 is 5.32 Å². The molecule has 4 nitrogen and oxygen atoms in total. The minimum Gasteiger partial charge on any atom is -0.394 e. The quantitative estimate of drug-likeness (QED) is 0.0420. The maximum Gasteiger partial charge on any atom is 0.220 e. The zero-order valence-electron chi connectivity index (χ0n) is 46.3. The maximum absolute atomic E-state index is 12.5. The molecule has 2 unspecified atom stereocenters. The van der Waals surface area contributed by atoms with Gasteiger partial charge < -0.3 is 15.5 Å². The predicted molar refractivity (Wildman–Crippen MR) is 313 cm³/mol. The van der Waals surface area contributed by atoms with Crippen molar-refractivity contribution in [3.05, 3.63) is 109 Å². The number of hydrogen-bond donors (Lipinski definition) is 3. The average molecular weight is 971 g/mol. The Bertz CT molecular complexity index is 1330. The lowest BCUT2D eigenvalue weighted by Gasteiger charge is -2.19. The van der Waals surface area contributed by atoms with E-state index in [1.807, 2.05) is 6.08 Å². The Morgan fingerprint density at radius 1 is 0.357 bits per heavy atom. The number of unbranched alkanes of at least 4 members (excludes halogenated alkanes) is 31. The third-order valence-corrected chi connectivity index (χ3v) is 13.2. The highest BCUT2D eigenvalue weighted by Crippen LogP contribution is 2.16. The maximum atomic E-state index is 12.5. The van der Waals surface area contributed by atoms with Gasteiger partial charge in [0.25, 0.3) is 0 Å². The second-order valence-corrected chi connectivity index (χ2v) is 20.0. The van der Waals surface area contributed by atoms with Crippen LogP contribution in [0.5, 0.6) is 0 Å². The lowest BCUT2D eigenvalue weighted by Crippen LogP contribution is -2.45. The fraction of sp³-hybridized carbons (Fsp3) is 0.712. The number of allylic oxidation sites excluding steroid dienone is 17. The summed E-state index contributed by atoms with van der Waals surface area (Å²) in [5.41, 5.74) is 0. The third kappa shape index (κ3) is 56.0. The summed E-state index contributed by atoms with van der Waals surface area (Å²) in [4.78, 5) is 12.5. The molecule has 402 valence electrons. The van der Waals surface area contributed by atoms with E-state index in [-0.39, 0.29) is 12.5 Å². The molecule has 1 amide bonds. The summed E-state index contributed by atoms with van der Waals surface area (Å²) in [6, 6.07) is -0.651. The Balaban J connectivity index is 3.54. The van der Waals surface area contributed by atoms with Gasteiger partial charge in [-0.1, -0.05) is 290 Å². The molecule has 2 atom stereocenters. The van der Waals surface area contributed by atoms with Crippen molar-refractivity contribution in [1.82, 2.24) is 5.32 Å². The SMILES string of the molecule is CC/C=C\C/C=C\C/C=C\C/C=C\C/C=C\C/C=C\CCCCCCCCCCCCCCCCCCCCC(=O)NC(CO)C(O)/C=C/CC/C=C/CC/C=C/CCCCCCCCCCCCC.